The standard InChI is InChI=1S/C19H21FN2O2/c1-13-5-7-16(8-6-13)24-10-9-21-19(23)22-18-12-17(18)14-3-2-4-15(20)11-14/h2-8,11,17-18H,9-10,12H2,1H3,(H2,21,22,23). The first-order valence-electron chi connectivity index (χ1n) is 8.11. The molecule has 0 saturated heterocycles. The van der Waals surface area contributed by atoms with E-state index < -0.39 is 0 Å². The first-order chi connectivity index (χ1) is 11.6. The Labute approximate surface area is 141 Å². The van der Waals surface area contributed by atoms with Crippen molar-refractivity contribution in [3.8, 4) is 5.75 Å². The quantitative estimate of drug-likeness (QED) is 0.799. The predicted octanol–water partition coefficient (Wildman–Crippen LogP) is 3.37. The van der Waals surface area contributed by atoms with Crippen LogP contribution in [0.4, 0.5) is 9.18 Å². The zero-order valence-corrected chi connectivity index (χ0v) is 13.6. The van der Waals surface area contributed by atoms with Crippen LogP contribution in [-0.2, 0) is 0 Å². The summed E-state index contributed by atoms with van der Waals surface area (Å²) in [5.74, 6) is 0.752. The molecule has 24 heavy (non-hydrogen) atoms. The molecule has 2 aromatic rings. The fourth-order valence-corrected chi connectivity index (χ4v) is 2.65. The monoisotopic (exact) mass is 328 g/mol. The van der Waals surface area contributed by atoms with Gasteiger partial charge in [-0.2, -0.15) is 0 Å². The molecule has 1 aliphatic carbocycles. The minimum atomic E-state index is -0.240. The van der Waals surface area contributed by atoms with E-state index in [-0.39, 0.29) is 23.8 Å². The lowest BCUT2D eigenvalue weighted by Crippen LogP contribution is -2.39. The van der Waals surface area contributed by atoms with Crippen LogP contribution in [0.5, 0.6) is 5.75 Å². The van der Waals surface area contributed by atoms with Gasteiger partial charge in [0.1, 0.15) is 18.2 Å². The van der Waals surface area contributed by atoms with Gasteiger partial charge in [0.15, 0.2) is 0 Å². The minimum Gasteiger partial charge on any atom is -0.492 e. The van der Waals surface area contributed by atoms with Gasteiger partial charge in [0.25, 0.3) is 0 Å². The van der Waals surface area contributed by atoms with Crippen molar-refractivity contribution in [1.29, 1.82) is 0 Å². The number of rotatable bonds is 6. The Morgan fingerprint density at radius 2 is 2.04 bits per heavy atom. The lowest BCUT2D eigenvalue weighted by molar-refractivity contribution is 0.236. The van der Waals surface area contributed by atoms with E-state index in [4.69, 9.17) is 4.74 Å². The van der Waals surface area contributed by atoms with Crippen molar-refractivity contribution in [3.05, 3.63) is 65.5 Å². The van der Waals surface area contributed by atoms with Crippen molar-refractivity contribution in [2.45, 2.75) is 25.3 Å². The molecule has 2 N–H and O–H groups in total. The molecule has 126 valence electrons. The van der Waals surface area contributed by atoms with E-state index >= 15 is 0 Å². The number of carbonyl (C=O) groups excluding carboxylic acids is 1. The van der Waals surface area contributed by atoms with Crippen LogP contribution in [0.3, 0.4) is 0 Å². The Kier molecular flexibility index (Phi) is 4.99. The van der Waals surface area contributed by atoms with E-state index in [1.807, 2.05) is 37.3 Å². The number of halogens is 1. The molecule has 1 saturated carbocycles. The molecule has 0 heterocycles. The highest BCUT2D eigenvalue weighted by Gasteiger charge is 2.39. The highest BCUT2D eigenvalue weighted by atomic mass is 19.1. The second kappa shape index (κ2) is 7.34. The zero-order chi connectivity index (χ0) is 16.9. The SMILES string of the molecule is Cc1ccc(OCCNC(=O)NC2CC2c2cccc(F)c2)cc1. The number of carbonyl (C=O) groups is 1. The van der Waals surface area contributed by atoms with Gasteiger partial charge in [-0.05, 0) is 43.2 Å². The Balaban J connectivity index is 1.34. The maximum absolute atomic E-state index is 13.2. The fourth-order valence-electron chi connectivity index (χ4n) is 2.65. The maximum atomic E-state index is 13.2. The van der Waals surface area contributed by atoms with Gasteiger partial charge in [-0.3, -0.25) is 0 Å². The average Bonchev–Trinajstić information content (AvgIpc) is 3.32. The van der Waals surface area contributed by atoms with E-state index in [2.05, 4.69) is 10.6 Å². The summed E-state index contributed by atoms with van der Waals surface area (Å²) < 4.78 is 18.8. The van der Waals surface area contributed by atoms with Gasteiger partial charge in [-0.1, -0.05) is 29.8 Å². The fraction of sp³-hybridized carbons (Fsp3) is 0.316. The summed E-state index contributed by atoms with van der Waals surface area (Å²) in [5.41, 5.74) is 2.11. The molecule has 0 aliphatic heterocycles. The van der Waals surface area contributed by atoms with Crippen molar-refractivity contribution in [2.24, 2.45) is 0 Å². The second-order valence-electron chi connectivity index (χ2n) is 6.07. The van der Waals surface area contributed by atoms with E-state index in [1.54, 1.807) is 6.07 Å². The molecule has 5 heteroatoms. The largest absolute Gasteiger partial charge is 0.492 e. The Morgan fingerprint density at radius 1 is 1.25 bits per heavy atom. The minimum absolute atomic E-state index is 0.0739. The molecular formula is C19H21FN2O2. The number of aryl methyl sites for hydroxylation is 1. The molecule has 0 radical (unpaired) electrons. The van der Waals surface area contributed by atoms with Crippen LogP contribution in [0, 0.1) is 12.7 Å². The van der Waals surface area contributed by atoms with E-state index in [0.29, 0.717) is 13.2 Å². The van der Waals surface area contributed by atoms with Crippen molar-refractivity contribution in [1.82, 2.24) is 10.6 Å². The lowest BCUT2D eigenvalue weighted by atomic mass is 10.1. The molecule has 1 aliphatic rings. The summed E-state index contributed by atoms with van der Waals surface area (Å²) in [7, 11) is 0. The third-order valence-corrected chi connectivity index (χ3v) is 4.06. The summed E-state index contributed by atoms with van der Waals surface area (Å²) in [6.07, 6.45) is 0.844. The van der Waals surface area contributed by atoms with Crippen molar-refractivity contribution in [2.75, 3.05) is 13.2 Å². The van der Waals surface area contributed by atoms with Crippen LogP contribution >= 0.6 is 0 Å². The number of amides is 2. The van der Waals surface area contributed by atoms with Crippen LogP contribution in [0.1, 0.15) is 23.5 Å². The van der Waals surface area contributed by atoms with Gasteiger partial charge in [0, 0.05) is 12.0 Å². The first-order valence-corrected chi connectivity index (χ1v) is 8.11. The molecule has 2 aromatic carbocycles. The number of ether oxygens (including phenoxy) is 1. The maximum Gasteiger partial charge on any atom is 0.315 e. The van der Waals surface area contributed by atoms with Crippen LogP contribution in [-0.4, -0.2) is 25.2 Å². The van der Waals surface area contributed by atoms with Gasteiger partial charge in [-0.15, -0.1) is 0 Å². The Bertz CT molecular complexity index is 703. The van der Waals surface area contributed by atoms with Crippen LogP contribution < -0.4 is 15.4 Å². The number of hydrogen-bond donors (Lipinski definition) is 2. The van der Waals surface area contributed by atoms with Crippen molar-refractivity contribution >= 4 is 6.03 Å². The molecular weight excluding hydrogens is 307 g/mol. The van der Waals surface area contributed by atoms with Gasteiger partial charge < -0.3 is 15.4 Å². The summed E-state index contributed by atoms with van der Waals surface area (Å²) >= 11 is 0. The van der Waals surface area contributed by atoms with Gasteiger partial charge in [0.05, 0.1) is 6.54 Å². The molecule has 0 aromatic heterocycles. The molecule has 2 amide bonds. The molecule has 3 rings (SSSR count). The highest BCUT2D eigenvalue weighted by molar-refractivity contribution is 5.74. The van der Waals surface area contributed by atoms with Crippen LogP contribution in [0.2, 0.25) is 0 Å². The average molecular weight is 328 g/mol. The van der Waals surface area contributed by atoms with E-state index in [0.717, 1.165) is 17.7 Å². The number of nitrogens with one attached hydrogen (secondary N) is 2. The third-order valence-electron chi connectivity index (χ3n) is 4.06. The first kappa shape index (κ1) is 16.3. The summed E-state index contributed by atoms with van der Waals surface area (Å²) in [5, 5.41) is 5.67. The van der Waals surface area contributed by atoms with Crippen molar-refractivity contribution in [3.63, 3.8) is 0 Å². The molecule has 2 atom stereocenters. The third kappa shape index (κ3) is 4.47. The molecule has 2 unspecified atom stereocenters. The van der Waals surface area contributed by atoms with Gasteiger partial charge >= 0.3 is 6.03 Å². The lowest BCUT2D eigenvalue weighted by Gasteiger charge is -2.09. The van der Waals surface area contributed by atoms with Crippen LogP contribution in [0.25, 0.3) is 0 Å². The van der Waals surface area contributed by atoms with Gasteiger partial charge in [-0.25, -0.2) is 9.18 Å². The Morgan fingerprint density at radius 3 is 2.79 bits per heavy atom. The normalized spacial score (nSPS) is 18.8. The number of hydrogen-bond acceptors (Lipinski definition) is 2. The molecule has 1 fully saturated rings. The summed E-state index contributed by atoms with van der Waals surface area (Å²) in [6.45, 7) is 2.86. The summed E-state index contributed by atoms with van der Waals surface area (Å²) in [4.78, 5) is 11.8. The van der Waals surface area contributed by atoms with Crippen LogP contribution in [0.15, 0.2) is 48.5 Å². The predicted molar refractivity (Wildman–Crippen MR) is 90.8 cm³/mol. The number of benzene rings is 2. The smallest absolute Gasteiger partial charge is 0.315 e. The Hall–Kier alpha value is -2.56. The van der Waals surface area contributed by atoms with Crippen molar-refractivity contribution < 1.29 is 13.9 Å². The molecule has 0 spiro atoms. The topological polar surface area (TPSA) is 50.4 Å². The van der Waals surface area contributed by atoms with Gasteiger partial charge in [0.2, 0.25) is 0 Å². The van der Waals surface area contributed by atoms with E-state index in [1.165, 1.54) is 17.7 Å². The van der Waals surface area contributed by atoms with E-state index in [9.17, 15) is 9.18 Å². The molecule has 0 bridgehead atoms. The second-order valence-corrected chi connectivity index (χ2v) is 6.07. The highest BCUT2D eigenvalue weighted by Crippen LogP contribution is 2.40. The number of urea groups is 1. The zero-order valence-electron chi connectivity index (χ0n) is 13.6. The molecule has 4 nitrogen and oxygen atoms in total. The summed E-state index contributed by atoms with van der Waals surface area (Å²) in [6, 6.07) is 14.2.